The number of halogens is 4. The SMILES string of the molecule is CC(C)NC(=O)OCC(Cc1cc(F)cc(F)c1)=C1CN(C(c2ccc(Cl)cc2)c2ccc(Cl)cc2)C1. The molecule has 1 amide bonds. The number of benzene rings is 3. The molecule has 3 aromatic carbocycles. The highest BCUT2D eigenvalue weighted by Crippen LogP contribution is 2.36. The van der Waals surface area contributed by atoms with Crippen molar-refractivity contribution < 1.29 is 18.3 Å². The number of alkyl carbamates (subject to hydrolysis) is 1. The number of likely N-dealkylation sites (tertiary alicyclic amines) is 1. The Morgan fingerprint density at radius 2 is 1.43 bits per heavy atom. The summed E-state index contributed by atoms with van der Waals surface area (Å²) < 4.78 is 33.2. The second-order valence-electron chi connectivity index (χ2n) is 9.45. The van der Waals surface area contributed by atoms with Gasteiger partial charge in [-0.2, -0.15) is 0 Å². The van der Waals surface area contributed by atoms with Gasteiger partial charge in [0.1, 0.15) is 18.2 Å². The van der Waals surface area contributed by atoms with Crippen LogP contribution < -0.4 is 5.32 Å². The highest BCUT2D eigenvalue weighted by Gasteiger charge is 2.32. The topological polar surface area (TPSA) is 41.6 Å². The van der Waals surface area contributed by atoms with E-state index >= 15 is 0 Å². The number of amides is 1. The molecule has 0 aliphatic carbocycles. The third kappa shape index (κ3) is 7.31. The number of nitrogens with one attached hydrogen (secondary N) is 1. The predicted molar refractivity (Wildman–Crippen MR) is 143 cm³/mol. The summed E-state index contributed by atoms with van der Waals surface area (Å²) in [6.07, 6.45) is -0.255. The fraction of sp³-hybridized carbons (Fsp3) is 0.276. The van der Waals surface area contributed by atoms with E-state index < -0.39 is 17.7 Å². The Morgan fingerprint density at radius 1 is 0.919 bits per heavy atom. The summed E-state index contributed by atoms with van der Waals surface area (Å²) in [5.41, 5.74) is 4.53. The Labute approximate surface area is 225 Å². The lowest BCUT2D eigenvalue weighted by atomic mass is 9.89. The minimum atomic E-state index is -0.640. The molecule has 0 bridgehead atoms. The van der Waals surface area contributed by atoms with Gasteiger partial charge in [0.2, 0.25) is 0 Å². The van der Waals surface area contributed by atoms with Gasteiger partial charge < -0.3 is 10.1 Å². The fourth-order valence-electron chi connectivity index (χ4n) is 4.42. The Hall–Kier alpha value is -2.93. The van der Waals surface area contributed by atoms with Gasteiger partial charge in [-0.1, -0.05) is 47.5 Å². The number of ether oxygens (including phenoxy) is 1. The molecule has 3 aromatic rings. The predicted octanol–water partition coefficient (Wildman–Crippen LogP) is 7.35. The molecule has 4 nitrogen and oxygen atoms in total. The zero-order chi connectivity index (χ0) is 26.5. The minimum Gasteiger partial charge on any atom is -0.445 e. The van der Waals surface area contributed by atoms with E-state index in [2.05, 4.69) is 10.2 Å². The van der Waals surface area contributed by atoms with E-state index in [1.165, 1.54) is 12.1 Å². The molecule has 0 aromatic heterocycles. The first-order valence-corrected chi connectivity index (χ1v) is 12.8. The standard InChI is InChI=1S/C29H28Cl2F2N2O2/c1-18(2)34-29(36)37-17-22(11-19-12-26(32)14-27(33)13-19)23-15-35(16-23)28(20-3-7-24(30)8-4-20)21-5-9-25(31)10-6-21/h3-10,12-14,18,28H,11,15-17H2,1-2H3,(H,34,36). The van der Waals surface area contributed by atoms with E-state index in [0.717, 1.165) is 28.3 Å². The van der Waals surface area contributed by atoms with Crippen LogP contribution in [-0.2, 0) is 11.2 Å². The maximum atomic E-state index is 13.9. The van der Waals surface area contributed by atoms with E-state index in [1.54, 1.807) is 0 Å². The number of nitrogens with zero attached hydrogens (tertiary/aromatic N) is 1. The first-order valence-electron chi connectivity index (χ1n) is 12.0. The second-order valence-corrected chi connectivity index (χ2v) is 10.3. The third-order valence-corrected chi connectivity index (χ3v) is 6.65. The summed E-state index contributed by atoms with van der Waals surface area (Å²) in [6, 6.07) is 18.8. The molecule has 1 aliphatic rings. The lowest BCUT2D eigenvalue weighted by Crippen LogP contribution is -2.44. The molecule has 1 saturated heterocycles. The summed E-state index contributed by atoms with van der Waals surface area (Å²) in [7, 11) is 0. The van der Waals surface area contributed by atoms with Gasteiger partial charge in [-0.15, -0.1) is 0 Å². The van der Waals surface area contributed by atoms with E-state index in [1.807, 2.05) is 62.4 Å². The van der Waals surface area contributed by atoms with Crippen molar-refractivity contribution in [3.8, 4) is 0 Å². The normalized spacial score (nSPS) is 13.6. The van der Waals surface area contributed by atoms with Crippen LogP contribution in [0, 0.1) is 11.6 Å². The first kappa shape index (κ1) is 27.1. The van der Waals surface area contributed by atoms with E-state index in [9.17, 15) is 13.6 Å². The van der Waals surface area contributed by atoms with Crippen molar-refractivity contribution in [3.63, 3.8) is 0 Å². The summed E-state index contributed by atoms with van der Waals surface area (Å²) in [5, 5.41) is 4.01. The van der Waals surface area contributed by atoms with E-state index in [0.29, 0.717) is 28.7 Å². The van der Waals surface area contributed by atoms with Gasteiger partial charge in [-0.3, -0.25) is 4.90 Å². The van der Waals surface area contributed by atoms with Crippen LogP contribution in [0.3, 0.4) is 0 Å². The molecule has 0 atom stereocenters. The van der Waals surface area contributed by atoms with Crippen molar-refractivity contribution in [2.75, 3.05) is 19.7 Å². The molecule has 0 radical (unpaired) electrons. The van der Waals surface area contributed by atoms with Crippen molar-refractivity contribution in [2.24, 2.45) is 0 Å². The number of carbonyl (C=O) groups excluding carboxylic acids is 1. The molecule has 194 valence electrons. The zero-order valence-corrected chi connectivity index (χ0v) is 22.1. The van der Waals surface area contributed by atoms with Crippen LogP contribution in [0.5, 0.6) is 0 Å². The van der Waals surface area contributed by atoms with Gasteiger partial charge in [0.25, 0.3) is 0 Å². The Kier molecular flexibility index (Phi) is 8.85. The molecule has 1 heterocycles. The van der Waals surface area contributed by atoms with Crippen molar-refractivity contribution >= 4 is 29.3 Å². The largest absolute Gasteiger partial charge is 0.445 e. The average molecular weight is 545 g/mol. The Bertz CT molecular complexity index is 1200. The number of rotatable bonds is 8. The van der Waals surface area contributed by atoms with Gasteiger partial charge in [0.05, 0.1) is 6.04 Å². The summed E-state index contributed by atoms with van der Waals surface area (Å²) >= 11 is 12.3. The lowest BCUT2D eigenvalue weighted by Gasteiger charge is -2.42. The maximum absolute atomic E-state index is 13.9. The first-order chi connectivity index (χ1) is 17.7. The van der Waals surface area contributed by atoms with Crippen molar-refractivity contribution in [3.05, 3.63) is 116 Å². The molecule has 0 unspecified atom stereocenters. The van der Waals surface area contributed by atoms with Crippen LogP contribution in [-0.4, -0.2) is 36.7 Å². The van der Waals surface area contributed by atoms with Crippen LogP contribution in [0.15, 0.2) is 77.9 Å². The molecular weight excluding hydrogens is 517 g/mol. The van der Waals surface area contributed by atoms with Crippen LogP contribution >= 0.6 is 23.2 Å². The molecule has 0 spiro atoms. The van der Waals surface area contributed by atoms with E-state index in [-0.39, 0.29) is 25.1 Å². The maximum Gasteiger partial charge on any atom is 0.407 e. The smallest absolute Gasteiger partial charge is 0.407 e. The second kappa shape index (κ2) is 12.1. The van der Waals surface area contributed by atoms with Crippen molar-refractivity contribution in [2.45, 2.75) is 32.4 Å². The highest BCUT2D eigenvalue weighted by molar-refractivity contribution is 6.30. The number of carbonyl (C=O) groups is 1. The third-order valence-electron chi connectivity index (χ3n) is 6.15. The molecule has 1 aliphatic heterocycles. The van der Waals surface area contributed by atoms with Gasteiger partial charge in [0.15, 0.2) is 0 Å². The van der Waals surface area contributed by atoms with Gasteiger partial charge in [-0.25, -0.2) is 13.6 Å². The molecule has 1 fully saturated rings. The Balaban J connectivity index is 1.60. The summed E-state index contributed by atoms with van der Waals surface area (Å²) in [5.74, 6) is -1.28. The van der Waals surface area contributed by atoms with Crippen LogP contribution in [0.2, 0.25) is 10.0 Å². The number of hydrogen-bond acceptors (Lipinski definition) is 3. The molecule has 1 N–H and O–H groups in total. The van der Waals surface area contributed by atoms with Gasteiger partial charge >= 0.3 is 6.09 Å². The molecule has 0 saturated carbocycles. The van der Waals surface area contributed by atoms with Crippen LogP contribution in [0.4, 0.5) is 13.6 Å². The molecule has 4 rings (SSSR count). The molecule has 8 heteroatoms. The summed E-state index contributed by atoms with van der Waals surface area (Å²) in [6.45, 7) is 4.93. The van der Waals surface area contributed by atoms with Crippen LogP contribution in [0.25, 0.3) is 0 Å². The Morgan fingerprint density at radius 3 is 1.92 bits per heavy atom. The average Bonchev–Trinajstić information content (AvgIpc) is 2.79. The van der Waals surface area contributed by atoms with Gasteiger partial charge in [0, 0.05) is 35.2 Å². The van der Waals surface area contributed by atoms with Crippen molar-refractivity contribution in [1.29, 1.82) is 0 Å². The van der Waals surface area contributed by atoms with Gasteiger partial charge in [-0.05, 0) is 84.5 Å². The zero-order valence-electron chi connectivity index (χ0n) is 20.6. The monoisotopic (exact) mass is 544 g/mol. The minimum absolute atomic E-state index is 0.0341. The van der Waals surface area contributed by atoms with Crippen molar-refractivity contribution in [1.82, 2.24) is 10.2 Å². The van der Waals surface area contributed by atoms with Crippen LogP contribution in [0.1, 0.15) is 36.6 Å². The number of hydrogen-bond donors (Lipinski definition) is 1. The highest BCUT2D eigenvalue weighted by atomic mass is 35.5. The molecule has 37 heavy (non-hydrogen) atoms. The quantitative estimate of drug-likeness (QED) is 0.301. The molecular formula is C29H28Cl2F2N2O2. The fourth-order valence-corrected chi connectivity index (χ4v) is 4.67. The van der Waals surface area contributed by atoms with E-state index in [4.69, 9.17) is 27.9 Å². The lowest BCUT2D eigenvalue weighted by molar-refractivity contribution is 0.149. The summed E-state index contributed by atoms with van der Waals surface area (Å²) in [4.78, 5) is 14.4.